The molecule has 1 aliphatic carbocycles. The zero-order valence-electron chi connectivity index (χ0n) is 21.5. The molecule has 0 radical (unpaired) electrons. The van der Waals surface area contributed by atoms with E-state index in [9.17, 15) is 5.26 Å². The molecule has 190 valence electrons. The molecule has 5 heterocycles. The van der Waals surface area contributed by atoms with E-state index in [-0.39, 0.29) is 5.54 Å². The monoisotopic (exact) mass is 513 g/mol. The maximum absolute atomic E-state index is 9.20. The van der Waals surface area contributed by atoms with Gasteiger partial charge in [-0.2, -0.15) is 10.4 Å². The number of hydrogen-bond acceptors (Lipinski definition) is 9. The number of pyridine rings is 1. The van der Waals surface area contributed by atoms with Crippen LogP contribution in [0.3, 0.4) is 0 Å². The summed E-state index contributed by atoms with van der Waals surface area (Å²) in [6, 6.07) is 10.5. The second-order valence-electron chi connectivity index (χ2n) is 10.8. The molecular formula is C27H31N9S. The van der Waals surface area contributed by atoms with Crippen LogP contribution in [0.15, 0.2) is 36.7 Å². The van der Waals surface area contributed by atoms with Crippen LogP contribution in [0, 0.1) is 11.3 Å². The smallest absolute Gasteiger partial charge is 0.208 e. The van der Waals surface area contributed by atoms with Gasteiger partial charge in [-0.1, -0.05) is 11.3 Å². The van der Waals surface area contributed by atoms with Crippen LogP contribution in [0.1, 0.15) is 45.6 Å². The van der Waals surface area contributed by atoms with E-state index in [1.54, 1.807) is 17.5 Å². The second kappa shape index (κ2) is 9.39. The Hall–Kier alpha value is -3.55. The van der Waals surface area contributed by atoms with Crippen molar-refractivity contribution < 1.29 is 0 Å². The lowest BCUT2D eigenvalue weighted by molar-refractivity contribution is 0.128. The topological polar surface area (TPSA) is 98.3 Å². The summed E-state index contributed by atoms with van der Waals surface area (Å²) < 4.78 is 1.83. The highest BCUT2D eigenvalue weighted by atomic mass is 32.1. The van der Waals surface area contributed by atoms with E-state index < -0.39 is 0 Å². The molecule has 1 N–H and O–H groups in total. The molecule has 0 atom stereocenters. The van der Waals surface area contributed by atoms with Crippen molar-refractivity contribution in [3.05, 3.63) is 42.2 Å². The van der Waals surface area contributed by atoms with Crippen LogP contribution in [0.2, 0.25) is 0 Å². The first kappa shape index (κ1) is 23.8. The van der Waals surface area contributed by atoms with Gasteiger partial charge in [0.15, 0.2) is 5.01 Å². The van der Waals surface area contributed by atoms with Crippen LogP contribution in [0.4, 0.5) is 10.8 Å². The first-order valence-corrected chi connectivity index (χ1v) is 13.7. The molecule has 1 aliphatic heterocycles. The van der Waals surface area contributed by atoms with Gasteiger partial charge in [0.05, 0.1) is 34.2 Å². The molecule has 0 bridgehead atoms. The third-order valence-corrected chi connectivity index (χ3v) is 8.42. The molecule has 4 aromatic rings. The Balaban J connectivity index is 1.30. The minimum absolute atomic E-state index is 0.187. The van der Waals surface area contributed by atoms with E-state index in [0.717, 1.165) is 64.5 Å². The number of nitriles is 1. The highest BCUT2D eigenvalue weighted by Crippen LogP contribution is 2.37. The lowest BCUT2D eigenvalue weighted by atomic mass is 9.92. The van der Waals surface area contributed by atoms with Crippen molar-refractivity contribution in [3.63, 3.8) is 0 Å². The van der Waals surface area contributed by atoms with Gasteiger partial charge >= 0.3 is 0 Å². The van der Waals surface area contributed by atoms with Crippen LogP contribution >= 0.6 is 11.3 Å². The molecule has 10 heteroatoms. The molecule has 1 saturated carbocycles. The fraction of sp³-hybridized carbons (Fsp3) is 0.444. The van der Waals surface area contributed by atoms with E-state index in [2.05, 4.69) is 63.3 Å². The average Bonchev–Trinajstić information content (AvgIpc) is 3.53. The van der Waals surface area contributed by atoms with E-state index >= 15 is 0 Å². The predicted octanol–water partition coefficient (Wildman–Crippen LogP) is 4.67. The van der Waals surface area contributed by atoms with Crippen molar-refractivity contribution >= 4 is 27.7 Å². The zero-order chi connectivity index (χ0) is 25.6. The number of aromatic nitrogens is 5. The minimum atomic E-state index is 0.187. The Morgan fingerprint density at radius 2 is 1.86 bits per heavy atom. The Bertz CT molecular complexity index is 1460. The number of anilines is 2. The molecular weight excluding hydrogens is 482 g/mol. The summed E-state index contributed by atoms with van der Waals surface area (Å²) in [5.74, 6) is 0. The third-order valence-electron chi connectivity index (χ3n) is 7.40. The summed E-state index contributed by atoms with van der Waals surface area (Å²) >= 11 is 1.64. The van der Waals surface area contributed by atoms with Crippen molar-refractivity contribution in [1.82, 2.24) is 29.7 Å². The average molecular weight is 514 g/mol. The van der Waals surface area contributed by atoms with Gasteiger partial charge in [-0.25, -0.2) is 4.52 Å². The SMILES string of the molecule is CC(C)(C)N1CCN(c2nnc(-c3cnc(-c4ccc5cc(C#N)cnn45)cc3NC3CCC3)s2)CC1. The van der Waals surface area contributed by atoms with Gasteiger partial charge in [0.25, 0.3) is 0 Å². The zero-order valence-corrected chi connectivity index (χ0v) is 22.3. The Labute approximate surface area is 220 Å². The molecule has 0 amide bonds. The van der Waals surface area contributed by atoms with Crippen molar-refractivity contribution in [1.29, 1.82) is 5.26 Å². The van der Waals surface area contributed by atoms with Gasteiger partial charge in [-0.3, -0.25) is 9.88 Å². The summed E-state index contributed by atoms with van der Waals surface area (Å²) in [5, 5.41) is 28.4. The van der Waals surface area contributed by atoms with Crippen LogP contribution in [0.25, 0.3) is 27.5 Å². The standard InChI is InChI=1S/C27H31N9S/c1-27(2,3)35-11-9-34(10-12-35)26-33-32-25(37-26)21-17-29-23(14-22(21)31-19-5-4-6-19)24-8-7-20-13-18(15-28)16-30-36(20)24/h7-8,13-14,16-17,19H,4-6,9-12H2,1-3H3,(H,29,31). The number of hydrogen-bond donors (Lipinski definition) is 1. The molecule has 1 saturated heterocycles. The van der Waals surface area contributed by atoms with Crippen molar-refractivity contribution in [2.45, 2.75) is 51.6 Å². The Kier molecular flexibility index (Phi) is 6.05. The molecule has 37 heavy (non-hydrogen) atoms. The van der Waals surface area contributed by atoms with Crippen LogP contribution in [-0.2, 0) is 0 Å². The predicted molar refractivity (Wildman–Crippen MR) is 147 cm³/mol. The van der Waals surface area contributed by atoms with E-state index in [4.69, 9.17) is 4.98 Å². The highest BCUT2D eigenvalue weighted by molar-refractivity contribution is 7.18. The van der Waals surface area contributed by atoms with E-state index in [0.29, 0.717) is 11.6 Å². The van der Waals surface area contributed by atoms with Crippen LogP contribution < -0.4 is 10.2 Å². The number of fused-ring (bicyclic) bond motifs is 1. The van der Waals surface area contributed by atoms with E-state index in [1.807, 2.05) is 28.9 Å². The maximum atomic E-state index is 9.20. The third kappa shape index (κ3) is 4.65. The molecule has 6 rings (SSSR count). The normalized spacial score (nSPS) is 17.1. The van der Waals surface area contributed by atoms with Gasteiger partial charge < -0.3 is 10.2 Å². The molecule has 2 aliphatic rings. The summed E-state index contributed by atoms with van der Waals surface area (Å²) in [4.78, 5) is 9.68. The lowest BCUT2D eigenvalue weighted by Gasteiger charge is -2.42. The molecule has 9 nitrogen and oxygen atoms in total. The van der Waals surface area contributed by atoms with Crippen LogP contribution in [-0.4, -0.2) is 67.5 Å². The fourth-order valence-corrected chi connectivity index (χ4v) is 5.85. The van der Waals surface area contributed by atoms with Gasteiger partial charge in [0.2, 0.25) is 5.13 Å². The first-order chi connectivity index (χ1) is 17.9. The Morgan fingerprint density at radius 3 is 2.57 bits per heavy atom. The van der Waals surface area contributed by atoms with Crippen LogP contribution in [0.5, 0.6) is 0 Å². The highest BCUT2D eigenvalue weighted by Gasteiger charge is 2.28. The number of nitrogens with zero attached hydrogens (tertiary/aromatic N) is 8. The summed E-state index contributed by atoms with van der Waals surface area (Å²) in [6.07, 6.45) is 7.08. The largest absolute Gasteiger partial charge is 0.382 e. The minimum Gasteiger partial charge on any atom is -0.382 e. The summed E-state index contributed by atoms with van der Waals surface area (Å²) in [6.45, 7) is 10.8. The number of piperazine rings is 1. The molecule has 4 aromatic heterocycles. The van der Waals surface area contributed by atoms with Gasteiger partial charge in [-0.05, 0) is 64.3 Å². The van der Waals surface area contributed by atoms with Gasteiger partial charge in [0.1, 0.15) is 6.07 Å². The number of nitrogens with one attached hydrogen (secondary N) is 1. The van der Waals surface area contributed by atoms with Gasteiger partial charge in [0, 0.05) is 49.6 Å². The second-order valence-corrected chi connectivity index (χ2v) is 11.8. The molecule has 2 fully saturated rings. The van der Waals surface area contributed by atoms with E-state index in [1.165, 1.54) is 19.3 Å². The molecule has 0 spiro atoms. The summed E-state index contributed by atoms with van der Waals surface area (Å²) in [5.41, 5.74) is 5.32. The van der Waals surface area contributed by atoms with Crippen molar-refractivity contribution in [2.75, 3.05) is 36.4 Å². The first-order valence-electron chi connectivity index (χ1n) is 12.9. The van der Waals surface area contributed by atoms with Gasteiger partial charge in [-0.15, -0.1) is 10.2 Å². The summed E-state index contributed by atoms with van der Waals surface area (Å²) in [7, 11) is 0. The quantitative estimate of drug-likeness (QED) is 0.411. The van der Waals surface area contributed by atoms with Crippen molar-refractivity contribution in [2.24, 2.45) is 0 Å². The number of rotatable bonds is 5. The fourth-order valence-electron chi connectivity index (χ4n) is 4.93. The molecule has 0 unspecified atom stereocenters. The maximum Gasteiger partial charge on any atom is 0.208 e. The van der Waals surface area contributed by atoms with Crippen molar-refractivity contribution in [3.8, 4) is 28.0 Å². The Morgan fingerprint density at radius 1 is 1.05 bits per heavy atom. The molecule has 0 aromatic carbocycles. The lowest BCUT2D eigenvalue weighted by Crippen LogP contribution is -2.53.